The number of hydrogen-bond donors (Lipinski definition) is 0. The minimum absolute atomic E-state index is 0.133. The molecule has 2 aliphatic rings. The number of ether oxygens (including phenoxy) is 1. The summed E-state index contributed by atoms with van der Waals surface area (Å²) >= 11 is 0. The van der Waals surface area contributed by atoms with Crippen LogP contribution in [0.4, 0.5) is 0 Å². The van der Waals surface area contributed by atoms with E-state index in [1.807, 2.05) is 18.5 Å². The van der Waals surface area contributed by atoms with E-state index in [1.54, 1.807) is 6.92 Å². The second-order valence-electron chi connectivity index (χ2n) is 5.82. The van der Waals surface area contributed by atoms with Crippen LogP contribution >= 0.6 is 0 Å². The van der Waals surface area contributed by atoms with Crippen molar-refractivity contribution in [3.05, 3.63) is 24.0 Å². The fourth-order valence-electron chi connectivity index (χ4n) is 3.41. The Kier molecular flexibility index (Phi) is 3.02. The molecule has 3 heteroatoms. The van der Waals surface area contributed by atoms with Crippen molar-refractivity contribution in [2.24, 2.45) is 0 Å². The molecule has 1 spiro atoms. The molecule has 1 saturated heterocycles. The van der Waals surface area contributed by atoms with Gasteiger partial charge in [-0.25, -0.2) is 0 Å². The second kappa shape index (κ2) is 4.54. The highest BCUT2D eigenvalue weighted by molar-refractivity contribution is 5.93. The minimum Gasteiger partial charge on any atom is -0.370 e. The predicted molar refractivity (Wildman–Crippen MR) is 69.7 cm³/mol. The SMILES string of the molecule is CC(=O)c1ccn(CC2CCC3(CCCC3)O2)c1. The maximum atomic E-state index is 11.3. The Balaban J connectivity index is 1.61. The Morgan fingerprint density at radius 2 is 2.22 bits per heavy atom. The molecule has 0 radical (unpaired) electrons. The molecule has 1 aliphatic heterocycles. The van der Waals surface area contributed by atoms with Gasteiger partial charge in [0.2, 0.25) is 0 Å². The van der Waals surface area contributed by atoms with Crippen molar-refractivity contribution in [2.75, 3.05) is 0 Å². The van der Waals surface area contributed by atoms with E-state index in [1.165, 1.54) is 32.1 Å². The first-order valence-corrected chi connectivity index (χ1v) is 7.01. The standard InChI is InChI=1S/C15H21NO2/c1-12(17)13-5-9-16(10-13)11-14-4-8-15(18-14)6-2-3-7-15/h5,9-10,14H,2-4,6-8,11H2,1H3. The number of ketones is 1. The molecule has 3 rings (SSSR count). The van der Waals surface area contributed by atoms with Gasteiger partial charge in [-0.2, -0.15) is 0 Å². The number of nitrogens with zero attached hydrogens (tertiary/aromatic N) is 1. The highest BCUT2D eigenvalue weighted by Crippen LogP contribution is 2.43. The summed E-state index contributed by atoms with van der Waals surface area (Å²) in [6.07, 6.45) is 11.8. The third kappa shape index (κ3) is 2.24. The predicted octanol–water partition coefficient (Wildman–Crippen LogP) is 3.18. The van der Waals surface area contributed by atoms with Gasteiger partial charge in [-0.1, -0.05) is 12.8 Å². The number of rotatable bonds is 3. The quantitative estimate of drug-likeness (QED) is 0.768. The van der Waals surface area contributed by atoms with Crippen molar-refractivity contribution in [2.45, 2.75) is 63.7 Å². The molecule has 18 heavy (non-hydrogen) atoms. The minimum atomic E-state index is 0.133. The normalized spacial score (nSPS) is 25.9. The van der Waals surface area contributed by atoms with Crippen molar-refractivity contribution in [1.82, 2.24) is 4.57 Å². The van der Waals surface area contributed by atoms with Crippen LogP contribution in [-0.4, -0.2) is 22.1 Å². The largest absolute Gasteiger partial charge is 0.370 e. The van der Waals surface area contributed by atoms with E-state index in [2.05, 4.69) is 4.57 Å². The first-order chi connectivity index (χ1) is 8.67. The van der Waals surface area contributed by atoms with Gasteiger partial charge in [-0.15, -0.1) is 0 Å². The maximum absolute atomic E-state index is 11.3. The summed E-state index contributed by atoms with van der Waals surface area (Å²) in [5.41, 5.74) is 1.00. The van der Waals surface area contributed by atoms with Gasteiger partial charge >= 0.3 is 0 Å². The first kappa shape index (κ1) is 12.0. The van der Waals surface area contributed by atoms with Crippen molar-refractivity contribution in [3.63, 3.8) is 0 Å². The lowest BCUT2D eigenvalue weighted by molar-refractivity contribution is -0.0417. The van der Waals surface area contributed by atoms with Crippen LogP contribution in [0.5, 0.6) is 0 Å². The average molecular weight is 247 g/mol. The zero-order valence-corrected chi connectivity index (χ0v) is 11.0. The third-order valence-electron chi connectivity index (χ3n) is 4.42. The van der Waals surface area contributed by atoms with Gasteiger partial charge < -0.3 is 9.30 Å². The van der Waals surface area contributed by atoms with E-state index < -0.39 is 0 Å². The molecule has 2 fully saturated rings. The molecule has 0 bridgehead atoms. The van der Waals surface area contributed by atoms with Crippen LogP contribution in [0.2, 0.25) is 0 Å². The van der Waals surface area contributed by atoms with E-state index in [0.29, 0.717) is 6.10 Å². The van der Waals surface area contributed by atoms with Gasteiger partial charge in [-0.3, -0.25) is 4.79 Å². The number of carbonyl (C=O) groups excluding carboxylic acids is 1. The zero-order valence-electron chi connectivity index (χ0n) is 11.0. The smallest absolute Gasteiger partial charge is 0.161 e. The van der Waals surface area contributed by atoms with Crippen LogP contribution < -0.4 is 0 Å². The van der Waals surface area contributed by atoms with E-state index in [-0.39, 0.29) is 11.4 Å². The van der Waals surface area contributed by atoms with Gasteiger partial charge in [0.1, 0.15) is 0 Å². The molecule has 3 nitrogen and oxygen atoms in total. The number of carbonyl (C=O) groups is 1. The van der Waals surface area contributed by atoms with Crippen LogP contribution in [0.3, 0.4) is 0 Å². The Labute approximate surface area is 108 Å². The molecular formula is C15H21NO2. The number of hydrogen-bond acceptors (Lipinski definition) is 2. The molecule has 1 saturated carbocycles. The Morgan fingerprint density at radius 1 is 1.44 bits per heavy atom. The highest BCUT2D eigenvalue weighted by Gasteiger charge is 2.41. The number of Topliss-reactive ketones (excluding diaryl/α,β-unsaturated/α-hetero) is 1. The fraction of sp³-hybridized carbons (Fsp3) is 0.667. The summed E-state index contributed by atoms with van der Waals surface area (Å²) in [4.78, 5) is 11.3. The summed E-state index contributed by atoms with van der Waals surface area (Å²) in [5.74, 6) is 0.133. The van der Waals surface area contributed by atoms with Gasteiger partial charge in [-0.05, 0) is 38.7 Å². The summed E-state index contributed by atoms with van der Waals surface area (Å²) in [7, 11) is 0. The molecule has 0 aromatic carbocycles. The van der Waals surface area contributed by atoms with Gasteiger partial charge in [0, 0.05) is 24.5 Å². The van der Waals surface area contributed by atoms with Crippen LogP contribution in [0, 0.1) is 0 Å². The molecule has 0 amide bonds. The van der Waals surface area contributed by atoms with Crippen molar-refractivity contribution >= 4 is 5.78 Å². The maximum Gasteiger partial charge on any atom is 0.161 e. The molecule has 2 heterocycles. The van der Waals surface area contributed by atoms with Crippen LogP contribution in [0.15, 0.2) is 18.5 Å². The molecule has 1 aromatic heterocycles. The molecule has 1 aliphatic carbocycles. The van der Waals surface area contributed by atoms with Crippen molar-refractivity contribution in [3.8, 4) is 0 Å². The van der Waals surface area contributed by atoms with Crippen LogP contribution in [-0.2, 0) is 11.3 Å². The van der Waals surface area contributed by atoms with Crippen LogP contribution in [0.25, 0.3) is 0 Å². The Hall–Kier alpha value is -1.09. The monoisotopic (exact) mass is 247 g/mol. The van der Waals surface area contributed by atoms with Crippen molar-refractivity contribution in [1.29, 1.82) is 0 Å². The van der Waals surface area contributed by atoms with E-state index >= 15 is 0 Å². The topological polar surface area (TPSA) is 31.2 Å². The van der Waals surface area contributed by atoms with Gasteiger partial charge in [0.15, 0.2) is 5.78 Å². The molecule has 1 atom stereocenters. The molecular weight excluding hydrogens is 226 g/mol. The molecule has 0 N–H and O–H groups in total. The summed E-state index contributed by atoms with van der Waals surface area (Å²) in [6.45, 7) is 2.49. The van der Waals surface area contributed by atoms with Gasteiger partial charge in [0.05, 0.1) is 11.7 Å². The summed E-state index contributed by atoms with van der Waals surface area (Å²) in [5, 5.41) is 0. The summed E-state index contributed by atoms with van der Waals surface area (Å²) < 4.78 is 8.37. The second-order valence-corrected chi connectivity index (χ2v) is 5.82. The fourth-order valence-corrected chi connectivity index (χ4v) is 3.41. The lowest BCUT2D eigenvalue weighted by Crippen LogP contribution is -2.26. The Bertz CT molecular complexity index is 443. The number of aromatic nitrogens is 1. The van der Waals surface area contributed by atoms with E-state index in [0.717, 1.165) is 18.5 Å². The lowest BCUT2D eigenvalue weighted by Gasteiger charge is -2.23. The van der Waals surface area contributed by atoms with E-state index in [9.17, 15) is 4.79 Å². The highest BCUT2D eigenvalue weighted by atomic mass is 16.5. The molecule has 1 unspecified atom stereocenters. The molecule has 98 valence electrons. The van der Waals surface area contributed by atoms with E-state index in [4.69, 9.17) is 4.74 Å². The lowest BCUT2D eigenvalue weighted by atomic mass is 9.98. The third-order valence-corrected chi connectivity index (χ3v) is 4.42. The van der Waals surface area contributed by atoms with Crippen molar-refractivity contribution < 1.29 is 9.53 Å². The van der Waals surface area contributed by atoms with Crippen LogP contribution in [0.1, 0.15) is 55.8 Å². The average Bonchev–Trinajstić information content (AvgIpc) is 3.03. The summed E-state index contributed by atoms with van der Waals surface area (Å²) in [6, 6.07) is 1.89. The zero-order chi connectivity index (χ0) is 12.6. The van der Waals surface area contributed by atoms with Gasteiger partial charge in [0.25, 0.3) is 0 Å². The molecule has 1 aromatic rings. The first-order valence-electron chi connectivity index (χ1n) is 7.01. The Morgan fingerprint density at radius 3 is 2.89 bits per heavy atom.